The highest BCUT2D eigenvalue weighted by Gasteiger charge is 2.53. The second kappa shape index (κ2) is 5.93. The van der Waals surface area contributed by atoms with Crippen LogP contribution in [0.5, 0.6) is 11.5 Å². The van der Waals surface area contributed by atoms with Crippen molar-refractivity contribution in [1.29, 1.82) is 0 Å². The van der Waals surface area contributed by atoms with Crippen LogP contribution in [0.4, 0.5) is 14.6 Å². The number of amides is 1. The second-order valence-electron chi connectivity index (χ2n) is 8.93. The molecule has 2 aliphatic rings. The van der Waals surface area contributed by atoms with Crippen LogP contribution in [0.25, 0.3) is 11.0 Å². The number of aromatic nitrogens is 2. The van der Waals surface area contributed by atoms with Gasteiger partial charge in [-0.05, 0) is 48.7 Å². The Hall–Kier alpha value is -3.16. The van der Waals surface area contributed by atoms with Crippen molar-refractivity contribution in [2.75, 3.05) is 5.32 Å². The summed E-state index contributed by atoms with van der Waals surface area (Å²) < 4.78 is 35.6. The van der Waals surface area contributed by atoms with Crippen LogP contribution in [0.2, 0.25) is 0 Å². The molecule has 158 valence electrons. The van der Waals surface area contributed by atoms with Crippen LogP contribution in [-0.4, -0.2) is 22.2 Å². The van der Waals surface area contributed by atoms with Crippen molar-refractivity contribution in [3.8, 4) is 11.5 Å². The summed E-state index contributed by atoms with van der Waals surface area (Å²) in [5.74, 6) is 0.143. The van der Waals surface area contributed by atoms with E-state index in [1.54, 1.807) is 12.1 Å². The lowest BCUT2D eigenvalue weighted by atomic mass is 9.93. The Bertz CT molecular complexity index is 1180. The zero-order valence-corrected chi connectivity index (χ0v) is 16.8. The van der Waals surface area contributed by atoms with Crippen LogP contribution < -0.4 is 14.8 Å². The summed E-state index contributed by atoms with van der Waals surface area (Å²) in [5, 5.41) is 2.88. The van der Waals surface area contributed by atoms with Crippen LogP contribution in [-0.2, 0) is 15.6 Å². The minimum atomic E-state index is -3.68. The first-order valence-electron chi connectivity index (χ1n) is 9.78. The molecule has 0 radical (unpaired) electrons. The quantitative estimate of drug-likeness (QED) is 0.624. The summed E-state index contributed by atoms with van der Waals surface area (Å²) >= 11 is 0. The number of hydrogen-bond donors (Lipinski definition) is 2. The Kier molecular flexibility index (Phi) is 3.73. The number of hydrogen-bond acceptors (Lipinski definition) is 4. The van der Waals surface area contributed by atoms with Crippen LogP contribution in [0, 0.1) is 0 Å². The molecule has 1 amide bonds. The van der Waals surface area contributed by atoms with Crippen LogP contribution in [0.3, 0.4) is 0 Å². The summed E-state index contributed by atoms with van der Waals surface area (Å²) in [4.78, 5) is 21.0. The molecule has 0 unspecified atom stereocenters. The average Bonchev–Trinajstić information content (AvgIpc) is 3.24. The predicted octanol–water partition coefficient (Wildman–Crippen LogP) is 5.10. The summed E-state index contributed by atoms with van der Waals surface area (Å²) in [6.45, 7) is 6.33. The van der Waals surface area contributed by atoms with Gasteiger partial charge in [-0.15, -0.1) is 8.78 Å². The first-order chi connectivity index (χ1) is 14.1. The third-order valence-corrected chi connectivity index (χ3v) is 5.66. The van der Waals surface area contributed by atoms with Gasteiger partial charge < -0.3 is 19.8 Å². The molecule has 1 fully saturated rings. The molecule has 1 saturated carbocycles. The standard InChI is InChI=1S/C22H21F2N3O3.H2/c1-20(2,3)17-11-14-13(25-17)5-7-18(26-14)27-19(28)21(8-9-21)12-4-6-15-16(10-12)30-22(23,24)29-15;/h4-7,10-11,25H,8-9H2,1-3H3,(H,26,27,28);1H. The lowest BCUT2D eigenvalue weighted by Gasteiger charge is -2.16. The molecular weight excluding hydrogens is 392 g/mol. The van der Waals surface area contributed by atoms with E-state index in [1.165, 1.54) is 12.1 Å². The molecule has 1 aromatic carbocycles. The van der Waals surface area contributed by atoms with Crippen molar-refractivity contribution in [3.63, 3.8) is 0 Å². The van der Waals surface area contributed by atoms with E-state index < -0.39 is 11.7 Å². The molecule has 0 atom stereocenters. The Morgan fingerprint density at radius 2 is 1.87 bits per heavy atom. The van der Waals surface area contributed by atoms with Crippen LogP contribution in [0.1, 0.15) is 46.3 Å². The molecule has 8 heteroatoms. The number of halogens is 2. The van der Waals surface area contributed by atoms with Crippen molar-refractivity contribution in [1.82, 2.24) is 9.97 Å². The van der Waals surface area contributed by atoms with Gasteiger partial charge in [-0.1, -0.05) is 26.8 Å². The normalized spacial score (nSPS) is 18.4. The average molecular weight is 415 g/mol. The number of anilines is 1. The number of carbonyl (C=O) groups excluding carboxylic acids is 1. The highest BCUT2D eigenvalue weighted by molar-refractivity contribution is 6.01. The Balaban J connectivity index is 0.00000231. The largest absolute Gasteiger partial charge is 0.586 e. The number of alkyl halides is 2. The molecule has 2 N–H and O–H groups in total. The number of H-pyrrole nitrogens is 1. The topological polar surface area (TPSA) is 76.2 Å². The minimum Gasteiger partial charge on any atom is -0.395 e. The first kappa shape index (κ1) is 18.8. The van der Waals surface area contributed by atoms with E-state index in [0.29, 0.717) is 24.2 Å². The Labute approximate surface area is 173 Å². The maximum atomic E-state index is 13.3. The Morgan fingerprint density at radius 1 is 1.13 bits per heavy atom. The zero-order valence-electron chi connectivity index (χ0n) is 16.8. The van der Waals surface area contributed by atoms with E-state index in [-0.39, 0.29) is 24.2 Å². The summed E-state index contributed by atoms with van der Waals surface area (Å²) in [6, 6.07) is 10.1. The summed E-state index contributed by atoms with van der Waals surface area (Å²) in [6.07, 6.45) is -2.44. The molecule has 0 saturated heterocycles. The van der Waals surface area contributed by atoms with E-state index in [1.807, 2.05) is 12.1 Å². The van der Waals surface area contributed by atoms with Gasteiger partial charge in [0, 0.05) is 12.5 Å². The highest BCUT2D eigenvalue weighted by atomic mass is 19.3. The number of rotatable bonds is 3. The van der Waals surface area contributed by atoms with E-state index in [9.17, 15) is 13.6 Å². The van der Waals surface area contributed by atoms with Gasteiger partial charge in [0.25, 0.3) is 0 Å². The van der Waals surface area contributed by atoms with E-state index in [2.05, 4.69) is 45.5 Å². The maximum Gasteiger partial charge on any atom is 0.586 e. The van der Waals surface area contributed by atoms with Gasteiger partial charge in [-0.2, -0.15) is 0 Å². The molecule has 2 aromatic heterocycles. The number of ether oxygens (including phenoxy) is 2. The number of carbonyl (C=O) groups is 1. The molecule has 0 spiro atoms. The van der Waals surface area contributed by atoms with Crippen molar-refractivity contribution < 1.29 is 24.5 Å². The lowest BCUT2D eigenvalue weighted by Crippen LogP contribution is -2.28. The van der Waals surface area contributed by atoms with Gasteiger partial charge in [0.05, 0.1) is 16.4 Å². The number of nitrogens with one attached hydrogen (secondary N) is 2. The molecule has 30 heavy (non-hydrogen) atoms. The van der Waals surface area contributed by atoms with Crippen LogP contribution >= 0.6 is 0 Å². The van der Waals surface area contributed by atoms with E-state index in [0.717, 1.165) is 16.7 Å². The molecular formula is C22H23F2N3O3. The van der Waals surface area contributed by atoms with Crippen molar-refractivity contribution in [2.45, 2.75) is 50.7 Å². The van der Waals surface area contributed by atoms with Crippen molar-refractivity contribution >= 4 is 22.8 Å². The molecule has 1 aliphatic heterocycles. The maximum absolute atomic E-state index is 13.3. The number of pyridine rings is 1. The van der Waals surface area contributed by atoms with Gasteiger partial charge in [0.2, 0.25) is 5.91 Å². The van der Waals surface area contributed by atoms with Gasteiger partial charge in [0.1, 0.15) is 5.82 Å². The van der Waals surface area contributed by atoms with Gasteiger partial charge in [0.15, 0.2) is 11.5 Å². The monoisotopic (exact) mass is 415 g/mol. The Morgan fingerprint density at radius 3 is 2.57 bits per heavy atom. The lowest BCUT2D eigenvalue weighted by molar-refractivity contribution is -0.286. The third kappa shape index (κ3) is 3.07. The van der Waals surface area contributed by atoms with Crippen LogP contribution in [0.15, 0.2) is 36.4 Å². The predicted molar refractivity (Wildman–Crippen MR) is 109 cm³/mol. The summed E-state index contributed by atoms with van der Waals surface area (Å²) in [5.41, 5.74) is 2.53. The number of benzene rings is 1. The van der Waals surface area contributed by atoms with Gasteiger partial charge in [-0.3, -0.25) is 4.79 Å². The fraction of sp³-hybridized carbons (Fsp3) is 0.364. The second-order valence-corrected chi connectivity index (χ2v) is 8.93. The SMILES string of the molecule is CC(C)(C)c1cc2nc(NC(=O)C3(c4ccc5c(c4)OC(F)(F)O5)CC3)ccc2[nH]1.[HH]. The first-order valence-corrected chi connectivity index (χ1v) is 9.78. The minimum absolute atomic E-state index is 0. The number of nitrogens with zero attached hydrogens (tertiary/aromatic N) is 1. The molecule has 5 rings (SSSR count). The smallest absolute Gasteiger partial charge is 0.395 e. The van der Waals surface area contributed by atoms with Gasteiger partial charge in [-0.25, -0.2) is 4.98 Å². The van der Waals surface area contributed by atoms with Gasteiger partial charge >= 0.3 is 6.29 Å². The van der Waals surface area contributed by atoms with Crippen molar-refractivity contribution in [3.05, 3.63) is 47.7 Å². The third-order valence-electron chi connectivity index (χ3n) is 5.66. The molecule has 6 nitrogen and oxygen atoms in total. The van der Waals surface area contributed by atoms with Crippen molar-refractivity contribution in [2.24, 2.45) is 0 Å². The molecule has 3 aromatic rings. The number of fused-ring (bicyclic) bond motifs is 2. The zero-order chi connectivity index (χ0) is 21.3. The molecule has 3 heterocycles. The molecule has 0 bridgehead atoms. The fourth-order valence-electron chi connectivity index (χ4n) is 3.74. The van der Waals surface area contributed by atoms with E-state index >= 15 is 0 Å². The van der Waals surface area contributed by atoms with E-state index in [4.69, 9.17) is 0 Å². The molecule has 1 aliphatic carbocycles. The number of aromatic amines is 1. The highest BCUT2D eigenvalue weighted by Crippen LogP contribution is 2.52. The fourth-order valence-corrected chi connectivity index (χ4v) is 3.74. The summed E-state index contributed by atoms with van der Waals surface area (Å²) in [7, 11) is 0.